The fourth-order valence-corrected chi connectivity index (χ4v) is 6.30. The Balaban J connectivity index is 1.35. The molecule has 7 aromatic carbocycles. The van der Waals surface area contributed by atoms with Crippen molar-refractivity contribution in [2.75, 3.05) is 0 Å². The lowest BCUT2D eigenvalue weighted by Crippen LogP contribution is -2.47. The largest absolute Gasteiger partial charge is 0.479 e. The van der Waals surface area contributed by atoms with E-state index in [0.29, 0.717) is 13.1 Å². The van der Waals surface area contributed by atoms with Crippen LogP contribution in [0.3, 0.4) is 0 Å². The Morgan fingerprint density at radius 3 is 1.72 bits per heavy atom. The molecular weight excluding hydrogens is 566 g/mol. The van der Waals surface area contributed by atoms with Gasteiger partial charge >= 0.3 is 5.97 Å². The van der Waals surface area contributed by atoms with Crippen molar-refractivity contribution in [2.24, 2.45) is 0 Å². The van der Waals surface area contributed by atoms with Crippen LogP contribution in [-0.4, -0.2) is 28.1 Å². The summed E-state index contributed by atoms with van der Waals surface area (Å²) < 4.78 is 6.23. The van der Waals surface area contributed by atoms with Crippen LogP contribution in [0.2, 0.25) is 0 Å². The first kappa shape index (κ1) is 29.3. The van der Waals surface area contributed by atoms with Gasteiger partial charge in [-0.25, -0.2) is 4.79 Å². The number of nitrogens with zero attached hydrogens (tertiary/aromatic N) is 1. The predicted molar refractivity (Wildman–Crippen MR) is 186 cm³/mol. The maximum Gasteiger partial charge on any atom is 0.335 e. The number of benzene rings is 7. The molecule has 7 rings (SSSR count). The molecule has 0 aromatic heterocycles. The summed E-state index contributed by atoms with van der Waals surface area (Å²) in [6, 6.07) is 48.3. The highest BCUT2D eigenvalue weighted by Crippen LogP contribution is 2.35. The van der Waals surface area contributed by atoms with E-state index in [0.717, 1.165) is 33.0 Å². The molecule has 46 heavy (non-hydrogen) atoms. The third-order valence-electron chi connectivity index (χ3n) is 8.54. The number of hydrogen-bond donors (Lipinski definition) is 1. The van der Waals surface area contributed by atoms with Crippen LogP contribution < -0.4 is 0 Å². The minimum absolute atomic E-state index is 0.166. The van der Waals surface area contributed by atoms with Gasteiger partial charge in [0.1, 0.15) is 6.04 Å². The van der Waals surface area contributed by atoms with E-state index in [1.807, 2.05) is 72.8 Å². The minimum Gasteiger partial charge on any atom is -0.479 e. The van der Waals surface area contributed by atoms with Gasteiger partial charge in [-0.15, -0.1) is 0 Å². The van der Waals surface area contributed by atoms with Gasteiger partial charge in [-0.1, -0.05) is 151 Å². The molecule has 1 N–H and O–H groups in total. The molecule has 0 bridgehead atoms. The van der Waals surface area contributed by atoms with Crippen molar-refractivity contribution >= 4 is 38.3 Å². The highest BCUT2D eigenvalue weighted by molar-refractivity contribution is 6.23. The van der Waals surface area contributed by atoms with Gasteiger partial charge in [-0.3, -0.25) is 4.90 Å². The molecule has 4 heteroatoms. The molecule has 4 nitrogen and oxygen atoms in total. The fraction of sp³-hybridized carbons (Fsp3) is 0.119. The van der Waals surface area contributed by atoms with Crippen molar-refractivity contribution in [3.63, 3.8) is 0 Å². The lowest BCUT2D eigenvalue weighted by atomic mass is 9.92. The molecule has 0 unspecified atom stereocenters. The second-order valence-corrected chi connectivity index (χ2v) is 11.6. The highest BCUT2D eigenvalue weighted by Gasteiger charge is 2.33. The maximum atomic E-state index is 13.0. The van der Waals surface area contributed by atoms with Crippen LogP contribution in [0.15, 0.2) is 146 Å². The van der Waals surface area contributed by atoms with Crippen LogP contribution in [0, 0.1) is 11.8 Å². The van der Waals surface area contributed by atoms with E-state index in [1.165, 1.54) is 21.5 Å². The normalized spacial score (nSPS) is 12.7. The smallest absolute Gasteiger partial charge is 0.335 e. The van der Waals surface area contributed by atoms with Gasteiger partial charge in [0, 0.05) is 18.7 Å². The van der Waals surface area contributed by atoms with E-state index < -0.39 is 18.1 Å². The summed E-state index contributed by atoms with van der Waals surface area (Å²) in [5, 5.41) is 17.6. The first-order valence-corrected chi connectivity index (χ1v) is 15.5. The van der Waals surface area contributed by atoms with Crippen LogP contribution in [0.5, 0.6) is 0 Å². The predicted octanol–water partition coefficient (Wildman–Crippen LogP) is 8.68. The first-order valence-electron chi connectivity index (χ1n) is 15.5. The Hall–Kier alpha value is -5.47. The van der Waals surface area contributed by atoms with Crippen molar-refractivity contribution in [3.8, 4) is 11.8 Å². The van der Waals surface area contributed by atoms with E-state index in [9.17, 15) is 9.90 Å². The van der Waals surface area contributed by atoms with E-state index >= 15 is 0 Å². The molecule has 0 amide bonds. The molecule has 0 aliphatic carbocycles. The van der Waals surface area contributed by atoms with Crippen LogP contribution in [-0.2, 0) is 29.2 Å². The molecular formula is C42H33NO3. The van der Waals surface area contributed by atoms with E-state index in [4.69, 9.17) is 4.74 Å². The van der Waals surface area contributed by atoms with Crippen molar-refractivity contribution in [1.82, 2.24) is 4.90 Å². The Morgan fingerprint density at radius 2 is 1.13 bits per heavy atom. The van der Waals surface area contributed by atoms with Crippen LogP contribution in [0.1, 0.15) is 22.3 Å². The molecule has 0 radical (unpaired) electrons. The topological polar surface area (TPSA) is 49.8 Å². The molecule has 0 spiro atoms. The minimum atomic E-state index is -1.19. The average molecular weight is 600 g/mol. The SMILES string of the molecule is O=C(O)[C@@H](OCc1ccccc1)[C@@H](C#Cc1ccc2ccc3cccc4ccc1c2c34)N(Cc1ccccc1)Cc1ccccc1. The molecule has 224 valence electrons. The van der Waals surface area contributed by atoms with E-state index in [-0.39, 0.29) is 6.61 Å². The van der Waals surface area contributed by atoms with Crippen LogP contribution in [0.4, 0.5) is 0 Å². The zero-order valence-corrected chi connectivity index (χ0v) is 25.3. The Labute approximate surface area is 268 Å². The molecule has 0 saturated heterocycles. The summed E-state index contributed by atoms with van der Waals surface area (Å²) in [7, 11) is 0. The third kappa shape index (κ3) is 6.20. The number of carboxylic acid groups (broad SMARTS) is 1. The average Bonchev–Trinajstić information content (AvgIpc) is 3.10. The monoisotopic (exact) mass is 599 g/mol. The van der Waals surface area contributed by atoms with Crippen molar-refractivity contribution in [2.45, 2.75) is 31.8 Å². The van der Waals surface area contributed by atoms with Gasteiger partial charge in [0.05, 0.1) is 6.61 Å². The highest BCUT2D eigenvalue weighted by atomic mass is 16.5. The van der Waals surface area contributed by atoms with E-state index in [2.05, 4.69) is 89.5 Å². The summed E-state index contributed by atoms with van der Waals surface area (Å²) in [6.07, 6.45) is -1.19. The zero-order chi connectivity index (χ0) is 31.3. The number of aliphatic carboxylic acids is 1. The number of rotatable bonds is 10. The van der Waals surface area contributed by atoms with Gasteiger partial charge in [0.2, 0.25) is 0 Å². The Bertz CT molecular complexity index is 2090. The van der Waals surface area contributed by atoms with Crippen LogP contribution >= 0.6 is 0 Å². The van der Waals surface area contributed by atoms with Crippen LogP contribution in [0.25, 0.3) is 32.3 Å². The molecule has 0 fully saturated rings. The standard InChI is InChI=1S/C42H33NO3/c44-42(45)41(46-29-32-15-8-3-9-16-32)38(43(27-30-11-4-1-5-12-30)28-31-13-6-2-7-14-31)26-24-33-19-20-36-22-21-34-17-10-18-35-23-25-37(33)40(36)39(34)35/h1-23,25,38,41H,27-29H2,(H,44,45)/t38-,41+/m1/s1. The zero-order valence-electron chi connectivity index (χ0n) is 25.3. The summed E-state index contributed by atoms with van der Waals surface area (Å²) >= 11 is 0. The van der Waals surface area contributed by atoms with Gasteiger partial charge in [-0.2, -0.15) is 0 Å². The summed E-state index contributed by atoms with van der Waals surface area (Å²) in [5.41, 5.74) is 3.91. The van der Waals surface area contributed by atoms with Crippen molar-refractivity contribution in [3.05, 3.63) is 168 Å². The molecule has 0 aliphatic heterocycles. The summed E-state index contributed by atoms with van der Waals surface area (Å²) in [6.45, 7) is 1.18. The number of carbonyl (C=O) groups is 1. The van der Waals surface area contributed by atoms with Gasteiger partial charge in [0.15, 0.2) is 6.10 Å². The second kappa shape index (κ2) is 13.3. The van der Waals surface area contributed by atoms with Gasteiger partial charge < -0.3 is 9.84 Å². The molecule has 0 saturated carbocycles. The summed E-state index contributed by atoms with van der Waals surface area (Å²) in [4.78, 5) is 15.1. The van der Waals surface area contributed by atoms with E-state index in [1.54, 1.807) is 0 Å². The summed E-state index contributed by atoms with van der Waals surface area (Å²) in [5.74, 6) is 5.84. The van der Waals surface area contributed by atoms with Gasteiger partial charge in [0.25, 0.3) is 0 Å². The Kier molecular flexibility index (Phi) is 8.43. The third-order valence-corrected chi connectivity index (χ3v) is 8.54. The Morgan fingerprint density at radius 1 is 0.609 bits per heavy atom. The maximum absolute atomic E-state index is 13.0. The molecule has 0 aliphatic rings. The first-order chi connectivity index (χ1) is 22.6. The lowest BCUT2D eigenvalue weighted by Gasteiger charge is -2.32. The lowest BCUT2D eigenvalue weighted by molar-refractivity contribution is -0.155. The number of hydrogen-bond acceptors (Lipinski definition) is 3. The quantitative estimate of drug-likeness (QED) is 0.126. The van der Waals surface area contributed by atoms with Crippen molar-refractivity contribution < 1.29 is 14.6 Å². The molecule has 0 heterocycles. The molecule has 2 atom stereocenters. The van der Waals surface area contributed by atoms with Gasteiger partial charge in [-0.05, 0) is 55.1 Å². The number of carboxylic acids is 1. The second-order valence-electron chi connectivity index (χ2n) is 11.6. The fourth-order valence-electron chi connectivity index (χ4n) is 6.30. The van der Waals surface area contributed by atoms with Crippen molar-refractivity contribution in [1.29, 1.82) is 0 Å². The molecule has 7 aromatic rings. The number of ether oxygens (including phenoxy) is 1.